The first-order valence-electron chi connectivity index (χ1n) is 8.21. The third kappa shape index (κ3) is 7.28. The van der Waals surface area contributed by atoms with Crippen molar-refractivity contribution in [2.45, 2.75) is 66.9 Å². The van der Waals surface area contributed by atoms with E-state index in [-0.39, 0.29) is 17.0 Å². The van der Waals surface area contributed by atoms with Crippen molar-refractivity contribution in [3.05, 3.63) is 0 Å². The number of hydrogen-bond acceptors (Lipinski definition) is 4. The van der Waals surface area contributed by atoms with Crippen LogP contribution in [0.4, 0.5) is 0 Å². The Labute approximate surface area is 131 Å². The first-order valence-corrected chi connectivity index (χ1v) is 8.21. The fourth-order valence-corrected chi connectivity index (χ4v) is 1.61. The molecule has 0 rings (SSSR count). The van der Waals surface area contributed by atoms with E-state index in [1.54, 1.807) is 0 Å². The summed E-state index contributed by atoms with van der Waals surface area (Å²) >= 11 is 0. The van der Waals surface area contributed by atoms with Crippen LogP contribution in [0.25, 0.3) is 0 Å². The fourth-order valence-electron chi connectivity index (χ4n) is 1.61. The second-order valence-electron chi connectivity index (χ2n) is 6.76. The largest absolute Gasteiger partial charge is 0.464 e. The molecule has 0 aliphatic heterocycles. The quantitative estimate of drug-likeness (QED) is 0.469. The maximum Gasteiger partial charge on any atom is 0.311 e. The van der Waals surface area contributed by atoms with Crippen LogP contribution in [0.2, 0.25) is 0 Å². The molecule has 0 amide bonds. The van der Waals surface area contributed by atoms with Gasteiger partial charge in [-0.2, -0.15) is 0 Å². The molecular formula is C17H35NO3. The van der Waals surface area contributed by atoms with Gasteiger partial charge >= 0.3 is 5.97 Å². The number of rotatable bonds is 11. The van der Waals surface area contributed by atoms with Gasteiger partial charge in [0.25, 0.3) is 0 Å². The summed E-state index contributed by atoms with van der Waals surface area (Å²) in [6.45, 7) is 17.1. The number of hydrogen-bond donors (Lipinski definition) is 1. The van der Waals surface area contributed by atoms with E-state index in [4.69, 9.17) is 9.47 Å². The molecule has 4 nitrogen and oxygen atoms in total. The van der Waals surface area contributed by atoms with Crippen LogP contribution in [0.15, 0.2) is 0 Å². The fraction of sp³-hybridized carbons (Fsp3) is 0.941. The predicted octanol–water partition coefficient (Wildman–Crippen LogP) is 3.40. The number of esters is 1. The van der Waals surface area contributed by atoms with Gasteiger partial charge in [0.15, 0.2) is 0 Å². The molecule has 0 aromatic rings. The molecule has 0 fully saturated rings. The van der Waals surface area contributed by atoms with Gasteiger partial charge in [-0.25, -0.2) is 0 Å². The van der Waals surface area contributed by atoms with Crippen LogP contribution >= 0.6 is 0 Å². The van der Waals surface area contributed by atoms with Crippen molar-refractivity contribution in [2.75, 3.05) is 26.3 Å². The Morgan fingerprint density at radius 1 is 1.05 bits per heavy atom. The van der Waals surface area contributed by atoms with Gasteiger partial charge in [-0.05, 0) is 39.5 Å². The molecule has 1 N–H and O–H groups in total. The van der Waals surface area contributed by atoms with Gasteiger partial charge in [-0.1, -0.05) is 27.7 Å². The van der Waals surface area contributed by atoms with Crippen molar-refractivity contribution in [1.29, 1.82) is 0 Å². The summed E-state index contributed by atoms with van der Waals surface area (Å²) in [5.41, 5.74) is -0.442. The Morgan fingerprint density at radius 3 is 2.05 bits per heavy atom. The average molecular weight is 301 g/mol. The van der Waals surface area contributed by atoms with Crippen LogP contribution in [0, 0.1) is 11.3 Å². The Morgan fingerprint density at radius 2 is 1.57 bits per heavy atom. The highest BCUT2D eigenvalue weighted by atomic mass is 16.5. The molecule has 0 aromatic heterocycles. The lowest BCUT2D eigenvalue weighted by molar-refractivity contribution is -0.155. The molecule has 0 aromatic carbocycles. The molecule has 0 aliphatic rings. The highest BCUT2D eigenvalue weighted by Crippen LogP contribution is 2.26. The van der Waals surface area contributed by atoms with Gasteiger partial charge in [-0.15, -0.1) is 0 Å². The third-order valence-electron chi connectivity index (χ3n) is 4.71. The minimum Gasteiger partial charge on any atom is -0.464 e. The minimum absolute atomic E-state index is 0.0912. The average Bonchev–Trinajstić information content (AvgIpc) is 2.44. The van der Waals surface area contributed by atoms with E-state index in [2.05, 4.69) is 33.0 Å². The summed E-state index contributed by atoms with van der Waals surface area (Å²) in [7, 11) is 0. The van der Waals surface area contributed by atoms with Crippen LogP contribution in [0.5, 0.6) is 0 Å². The molecule has 0 saturated carbocycles. The van der Waals surface area contributed by atoms with Gasteiger partial charge < -0.3 is 14.8 Å². The van der Waals surface area contributed by atoms with Crippen molar-refractivity contribution < 1.29 is 14.3 Å². The number of ether oxygens (including phenoxy) is 2. The second kappa shape index (κ2) is 9.42. The lowest BCUT2D eigenvalue weighted by Gasteiger charge is -2.29. The van der Waals surface area contributed by atoms with Crippen molar-refractivity contribution in [2.24, 2.45) is 11.3 Å². The zero-order valence-corrected chi connectivity index (χ0v) is 15.0. The molecule has 0 atom stereocenters. The van der Waals surface area contributed by atoms with E-state index in [0.717, 1.165) is 19.4 Å². The van der Waals surface area contributed by atoms with Crippen LogP contribution in [-0.2, 0) is 14.3 Å². The molecule has 21 heavy (non-hydrogen) atoms. The van der Waals surface area contributed by atoms with Crippen molar-refractivity contribution in [3.8, 4) is 0 Å². The van der Waals surface area contributed by atoms with Crippen LogP contribution in [0.3, 0.4) is 0 Å². The first kappa shape index (κ1) is 20.4. The number of nitrogens with one attached hydrogen (secondary N) is 1. The summed E-state index contributed by atoms with van der Waals surface area (Å²) in [4.78, 5) is 11.9. The van der Waals surface area contributed by atoms with Crippen LogP contribution in [-0.4, -0.2) is 37.9 Å². The normalized spacial score (nSPS) is 12.8. The monoisotopic (exact) mass is 301 g/mol. The second-order valence-corrected chi connectivity index (χ2v) is 6.76. The van der Waals surface area contributed by atoms with Gasteiger partial charge in [0.2, 0.25) is 0 Å². The Bertz CT molecular complexity index is 296. The van der Waals surface area contributed by atoms with Crippen LogP contribution < -0.4 is 5.32 Å². The highest BCUT2D eigenvalue weighted by molar-refractivity contribution is 5.76. The minimum atomic E-state index is -0.343. The predicted molar refractivity (Wildman–Crippen MR) is 87.4 cm³/mol. The highest BCUT2D eigenvalue weighted by Gasteiger charge is 2.30. The Balaban J connectivity index is 3.72. The molecule has 4 heteroatoms. The van der Waals surface area contributed by atoms with E-state index in [9.17, 15) is 4.79 Å². The van der Waals surface area contributed by atoms with Crippen molar-refractivity contribution in [3.63, 3.8) is 0 Å². The maximum absolute atomic E-state index is 11.9. The van der Waals surface area contributed by atoms with E-state index in [1.807, 2.05) is 20.8 Å². The summed E-state index contributed by atoms with van der Waals surface area (Å²) in [6.07, 6.45) is 1.63. The standard InChI is InChI=1S/C17H35NO3/c1-8-17(7,9-2)15(19)20-12-10-18-11-13-21-16(5,6)14(3)4/h14,18H,8-13H2,1-7H3. The molecule has 0 saturated heterocycles. The van der Waals surface area contributed by atoms with E-state index in [0.29, 0.717) is 25.7 Å². The van der Waals surface area contributed by atoms with E-state index in [1.165, 1.54) is 0 Å². The maximum atomic E-state index is 11.9. The number of carbonyl (C=O) groups is 1. The Hall–Kier alpha value is -0.610. The molecule has 0 unspecified atom stereocenters. The lowest BCUT2D eigenvalue weighted by atomic mass is 9.85. The van der Waals surface area contributed by atoms with E-state index >= 15 is 0 Å². The third-order valence-corrected chi connectivity index (χ3v) is 4.71. The van der Waals surface area contributed by atoms with Crippen molar-refractivity contribution >= 4 is 5.97 Å². The molecular weight excluding hydrogens is 266 g/mol. The molecule has 126 valence electrons. The lowest BCUT2D eigenvalue weighted by Crippen LogP contribution is -2.35. The number of carbonyl (C=O) groups excluding carboxylic acids is 1. The summed E-state index contributed by atoms with van der Waals surface area (Å²) in [5, 5.41) is 3.24. The summed E-state index contributed by atoms with van der Waals surface area (Å²) < 4.78 is 11.2. The molecule has 0 bridgehead atoms. The van der Waals surface area contributed by atoms with Gasteiger partial charge in [0, 0.05) is 13.1 Å². The van der Waals surface area contributed by atoms with E-state index < -0.39 is 0 Å². The van der Waals surface area contributed by atoms with Gasteiger partial charge in [0.05, 0.1) is 17.6 Å². The van der Waals surface area contributed by atoms with Gasteiger partial charge in [0.1, 0.15) is 6.61 Å². The molecule has 0 radical (unpaired) electrons. The molecule has 0 heterocycles. The Kier molecular flexibility index (Phi) is 9.14. The topological polar surface area (TPSA) is 47.6 Å². The van der Waals surface area contributed by atoms with Gasteiger partial charge in [-0.3, -0.25) is 4.79 Å². The van der Waals surface area contributed by atoms with Crippen LogP contribution in [0.1, 0.15) is 61.3 Å². The first-order chi connectivity index (χ1) is 9.69. The summed E-state index contributed by atoms with van der Waals surface area (Å²) in [5.74, 6) is 0.394. The SMILES string of the molecule is CCC(C)(CC)C(=O)OCCNCCOC(C)(C)C(C)C. The zero-order chi connectivity index (χ0) is 16.5. The zero-order valence-electron chi connectivity index (χ0n) is 15.0. The van der Waals surface area contributed by atoms with Crippen molar-refractivity contribution in [1.82, 2.24) is 5.32 Å². The smallest absolute Gasteiger partial charge is 0.311 e. The molecule has 0 spiro atoms. The summed E-state index contributed by atoms with van der Waals surface area (Å²) in [6, 6.07) is 0. The molecule has 0 aliphatic carbocycles.